The molecule has 1 atom stereocenters. The molecule has 2 aliphatic rings. The van der Waals surface area contributed by atoms with Crippen molar-refractivity contribution in [2.45, 2.75) is 45.2 Å². The number of aromatic nitrogens is 2. The van der Waals surface area contributed by atoms with E-state index in [1.807, 2.05) is 11.9 Å². The normalized spacial score (nSPS) is 22.0. The van der Waals surface area contributed by atoms with Gasteiger partial charge in [0.25, 0.3) is 5.56 Å². The summed E-state index contributed by atoms with van der Waals surface area (Å²) in [7, 11) is 0. The van der Waals surface area contributed by atoms with Gasteiger partial charge in [-0.25, -0.2) is 9.99 Å². The monoisotopic (exact) mass is 304 g/mol. The zero-order valence-electron chi connectivity index (χ0n) is 11.7. The number of aryl methyl sites for hydroxylation is 2. The van der Waals surface area contributed by atoms with Crippen LogP contribution in [0.5, 0.6) is 0 Å². The van der Waals surface area contributed by atoms with E-state index in [2.05, 4.69) is 15.4 Å². The zero-order valence-corrected chi connectivity index (χ0v) is 12.5. The summed E-state index contributed by atoms with van der Waals surface area (Å²) in [6.07, 6.45) is 3.67. The van der Waals surface area contributed by atoms with Crippen molar-refractivity contribution in [3.63, 3.8) is 0 Å². The van der Waals surface area contributed by atoms with Gasteiger partial charge in [0.15, 0.2) is 0 Å². The highest BCUT2D eigenvalue weighted by Crippen LogP contribution is 2.34. The van der Waals surface area contributed by atoms with Gasteiger partial charge in [-0.3, -0.25) is 15.0 Å². The summed E-state index contributed by atoms with van der Waals surface area (Å²) in [6, 6.07) is 0.117. The summed E-state index contributed by atoms with van der Waals surface area (Å²) in [5, 5.41) is 2.60. The first-order valence-corrected chi connectivity index (χ1v) is 8.03. The second-order valence-electron chi connectivity index (χ2n) is 5.77. The molecule has 1 aliphatic carbocycles. The number of carbonyl (C=O) groups excluding carboxylic acids is 1. The van der Waals surface area contributed by atoms with Gasteiger partial charge in [-0.05, 0) is 31.7 Å². The number of carbonyl (C=O) groups is 1. The van der Waals surface area contributed by atoms with Gasteiger partial charge in [0.1, 0.15) is 10.7 Å². The summed E-state index contributed by atoms with van der Waals surface area (Å²) in [6.45, 7) is 2.41. The van der Waals surface area contributed by atoms with E-state index >= 15 is 0 Å². The largest absolute Gasteiger partial charge is 0.309 e. The quantitative estimate of drug-likeness (QED) is 0.871. The Bertz CT molecular complexity index is 794. The standard InChI is InChI=1S/C14H16N4O2S/c1-7-5-11(19)17-18(7)6-10-15-13(20)12-8-3-2-4-9(8)21-14(12)16-10/h7H,2-6H2,1H3,(H,17,19)(H,15,16,20)/t7-/m0/s1. The molecule has 2 aromatic rings. The number of H-pyrrole nitrogens is 1. The van der Waals surface area contributed by atoms with E-state index in [1.54, 1.807) is 11.3 Å². The number of thiophene rings is 1. The number of amides is 1. The third-order valence-corrected chi connectivity index (χ3v) is 5.41. The molecular weight excluding hydrogens is 288 g/mol. The first-order valence-electron chi connectivity index (χ1n) is 7.21. The van der Waals surface area contributed by atoms with Crippen LogP contribution in [0.25, 0.3) is 10.2 Å². The number of fused-ring (bicyclic) bond motifs is 3. The molecule has 21 heavy (non-hydrogen) atoms. The van der Waals surface area contributed by atoms with Crippen LogP contribution in [-0.4, -0.2) is 26.9 Å². The van der Waals surface area contributed by atoms with E-state index in [0.29, 0.717) is 18.8 Å². The Morgan fingerprint density at radius 2 is 2.24 bits per heavy atom. The van der Waals surface area contributed by atoms with Crippen LogP contribution in [0.4, 0.5) is 0 Å². The Morgan fingerprint density at radius 3 is 3.00 bits per heavy atom. The Labute approximate surface area is 125 Å². The van der Waals surface area contributed by atoms with Crippen LogP contribution in [0, 0.1) is 0 Å². The molecule has 2 N–H and O–H groups in total. The van der Waals surface area contributed by atoms with Crippen LogP contribution < -0.4 is 11.0 Å². The molecule has 0 spiro atoms. The van der Waals surface area contributed by atoms with Crippen molar-refractivity contribution in [2.24, 2.45) is 0 Å². The fraction of sp³-hybridized carbons (Fsp3) is 0.500. The summed E-state index contributed by atoms with van der Waals surface area (Å²) in [5.41, 5.74) is 3.94. The molecule has 1 aliphatic heterocycles. The highest BCUT2D eigenvalue weighted by Gasteiger charge is 2.27. The SMILES string of the molecule is C[C@H]1CC(=O)NN1Cc1nc2sc3c(c2c(=O)[nH]1)CCC3. The van der Waals surface area contributed by atoms with Crippen LogP contribution in [-0.2, 0) is 24.2 Å². The first kappa shape index (κ1) is 13.0. The highest BCUT2D eigenvalue weighted by atomic mass is 32.1. The number of aromatic amines is 1. The molecule has 7 heteroatoms. The third kappa shape index (κ3) is 2.08. The Hall–Kier alpha value is -1.73. The lowest BCUT2D eigenvalue weighted by atomic mass is 10.2. The lowest BCUT2D eigenvalue weighted by molar-refractivity contribution is -0.121. The van der Waals surface area contributed by atoms with Crippen molar-refractivity contribution in [1.82, 2.24) is 20.4 Å². The van der Waals surface area contributed by atoms with E-state index in [1.165, 1.54) is 10.4 Å². The fourth-order valence-corrected chi connectivity index (χ4v) is 4.45. The van der Waals surface area contributed by atoms with Crippen LogP contribution in [0.15, 0.2) is 4.79 Å². The van der Waals surface area contributed by atoms with Gasteiger partial charge in [0.05, 0.1) is 11.9 Å². The minimum absolute atomic E-state index is 0.0148. The van der Waals surface area contributed by atoms with Crippen LogP contribution >= 0.6 is 11.3 Å². The van der Waals surface area contributed by atoms with Gasteiger partial charge in [0, 0.05) is 17.3 Å². The third-order valence-electron chi connectivity index (χ3n) is 4.23. The van der Waals surface area contributed by atoms with Crippen LogP contribution in [0.1, 0.15) is 36.0 Å². The van der Waals surface area contributed by atoms with Crippen molar-refractivity contribution in [3.8, 4) is 0 Å². The molecule has 4 rings (SSSR count). The maximum atomic E-state index is 12.3. The van der Waals surface area contributed by atoms with Crippen molar-refractivity contribution < 1.29 is 4.79 Å². The average Bonchev–Trinajstić information content (AvgIpc) is 3.04. The average molecular weight is 304 g/mol. The second-order valence-corrected chi connectivity index (χ2v) is 6.85. The maximum Gasteiger partial charge on any atom is 0.259 e. The van der Waals surface area contributed by atoms with E-state index in [-0.39, 0.29) is 17.5 Å². The van der Waals surface area contributed by atoms with Gasteiger partial charge in [-0.1, -0.05) is 0 Å². The molecule has 1 amide bonds. The Morgan fingerprint density at radius 1 is 1.38 bits per heavy atom. The molecule has 0 saturated carbocycles. The highest BCUT2D eigenvalue weighted by molar-refractivity contribution is 7.18. The van der Waals surface area contributed by atoms with E-state index in [4.69, 9.17) is 0 Å². The lowest BCUT2D eigenvalue weighted by Gasteiger charge is -2.18. The topological polar surface area (TPSA) is 78.1 Å². The van der Waals surface area contributed by atoms with Gasteiger partial charge < -0.3 is 4.98 Å². The fourth-order valence-electron chi connectivity index (χ4n) is 3.17. The Balaban J connectivity index is 1.71. The Kier molecular flexibility index (Phi) is 2.87. The number of nitrogens with one attached hydrogen (secondary N) is 2. The summed E-state index contributed by atoms with van der Waals surface area (Å²) in [5.74, 6) is 0.627. The molecule has 0 radical (unpaired) electrons. The van der Waals surface area contributed by atoms with Gasteiger partial charge in [-0.2, -0.15) is 0 Å². The molecule has 1 fully saturated rings. The number of rotatable bonds is 2. The molecule has 0 bridgehead atoms. The maximum absolute atomic E-state index is 12.3. The van der Waals surface area contributed by atoms with E-state index < -0.39 is 0 Å². The molecule has 2 aromatic heterocycles. The summed E-state index contributed by atoms with van der Waals surface area (Å²) >= 11 is 1.64. The lowest BCUT2D eigenvalue weighted by Crippen LogP contribution is -2.37. The van der Waals surface area contributed by atoms with Gasteiger partial charge >= 0.3 is 0 Å². The predicted octanol–water partition coefficient (Wildman–Crippen LogP) is 1.10. The molecular formula is C14H16N4O2S. The van der Waals surface area contributed by atoms with E-state index in [0.717, 1.165) is 29.5 Å². The number of hydrogen-bond donors (Lipinski definition) is 2. The van der Waals surface area contributed by atoms with Crippen molar-refractivity contribution in [2.75, 3.05) is 0 Å². The molecule has 110 valence electrons. The molecule has 6 nitrogen and oxygen atoms in total. The molecule has 1 saturated heterocycles. The van der Waals surface area contributed by atoms with E-state index in [9.17, 15) is 9.59 Å². The van der Waals surface area contributed by atoms with Gasteiger partial charge in [-0.15, -0.1) is 11.3 Å². The van der Waals surface area contributed by atoms with Crippen molar-refractivity contribution >= 4 is 27.5 Å². The number of nitrogens with zero attached hydrogens (tertiary/aromatic N) is 2. The second kappa shape index (κ2) is 4.64. The number of hydrazine groups is 1. The van der Waals surface area contributed by atoms with Crippen LogP contribution in [0.2, 0.25) is 0 Å². The predicted molar refractivity (Wildman–Crippen MR) is 80.0 cm³/mol. The minimum Gasteiger partial charge on any atom is -0.309 e. The molecule has 3 heterocycles. The van der Waals surface area contributed by atoms with Crippen molar-refractivity contribution in [1.29, 1.82) is 0 Å². The molecule has 0 aromatic carbocycles. The smallest absolute Gasteiger partial charge is 0.259 e. The first-order chi connectivity index (χ1) is 10.1. The zero-order chi connectivity index (χ0) is 14.6. The molecule has 0 unspecified atom stereocenters. The summed E-state index contributed by atoms with van der Waals surface area (Å²) in [4.78, 5) is 33.3. The van der Waals surface area contributed by atoms with Crippen molar-refractivity contribution in [3.05, 3.63) is 26.6 Å². The van der Waals surface area contributed by atoms with Crippen LogP contribution in [0.3, 0.4) is 0 Å². The van der Waals surface area contributed by atoms with Gasteiger partial charge in [0.2, 0.25) is 5.91 Å². The number of hydrogen-bond acceptors (Lipinski definition) is 5. The summed E-state index contributed by atoms with van der Waals surface area (Å²) < 4.78 is 0. The minimum atomic E-state index is -0.0485.